The molecule has 1 aliphatic rings. The van der Waals surface area contributed by atoms with Gasteiger partial charge in [0.2, 0.25) is 0 Å². The lowest BCUT2D eigenvalue weighted by Gasteiger charge is -2.37. The summed E-state index contributed by atoms with van der Waals surface area (Å²) >= 11 is 0. The number of rotatable bonds is 14. The molecule has 15 nitrogen and oxygen atoms in total. The number of carbonyl (C=O) groups is 5. The van der Waals surface area contributed by atoms with Crippen LogP contribution in [0.3, 0.4) is 0 Å². The first kappa shape index (κ1) is 50.4. The molecule has 1 heterocycles. The normalized spacial score (nSPS) is 16.9. The minimum absolute atomic E-state index is 0.0167. The summed E-state index contributed by atoms with van der Waals surface area (Å²) in [7, 11) is 0. The number of benzene rings is 1. The zero-order valence-corrected chi connectivity index (χ0v) is 37.4. The van der Waals surface area contributed by atoms with Crippen LogP contribution < -0.4 is 5.32 Å². The molecule has 1 saturated heterocycles. The van der Waals surface area contributed by atoms with Crippen LogP contribution >= 0.6 is 0 Å². The number of amides is 1. The van der Waals surface area contributed by atoms with Gasteiger partial charge in [0.1, 0.15) is 35.1 Å². The van der Waals surface area contributed by atoms with Gasteiger partial charge in [0.15, 0.2) is 0 Å². The van der Waals surface area contributed by atoms with E-state index < -0.39 is 46.5 Å². The maximum Gasteiger partial charge on any atom is 0.407 e. The molecule has 1 aromatic rings. The minimum Gasteiger partial charge on any atom is -0.461 e. The highest BCUT2D eigenvalue weighted by Crippen LogP contribution is 2.18. The second kappa shape index (κ2) is 23.1. The molecule has 0 aliphatic carbocycles. The monoisotopic (exact) mass is 820 g/mol. The van der Waals surface area contributed by atoms with Gasteiger partial charge in [0.25, 0.3) is 0 Å². The first-order chi connectivity index (χ1) is 26.8. The van der Waals surface area contributed by atoms with Crippen LogP contribution in [0.25, 0.3) is 0 Å². The summed E-state index contributed by atoms with van der Waals surface area (Å²) in [6.07, 6.45) is -0.397. The van der Waals surface area contributed by atoms with Crippen molar-refractivity contribution < 1.29 is 47.7 Å². The SMILES string of the molecule is CC(C)(C)OC(=O)CN1CCN(CCNC(=O)OC(C)(C)C)CCN(CC(=O)OC(C)(C)C)CCN(C(CCC(=O)OCc2ccccc2)C(=O)OC(C)(C)C)CC1. The van der Waals surface area contributed by atoms with Gasteiger partial charge in [-0.25, -0.2) is 4.79 Å². The molecule has 330 valence electrons. The van der Waals surface area contributed by atoms with E-state index in [2.05, 4.69) is 10.2 Å². The number of hydrogen-bond acceptors (Lipinski definition) is 14. The van der Waals surface area contributed by atoms with Crippen molar-refractivity contribution >= 4 is 30.0 Å². The van der Waals surface area contributed by atoms with Crippen LogP contribution in [0.5, 0.6) is 0 Å². The predicted molar refractivity (Wildman–Crippen MR) is 222 cm³/mol. The highest BCUT2D eigenvalue weighted by Gasteiger charge is 2.33. The molecule has 0 bridgehead atoms. The molecular formula is C43H73N5O10. The van der Waals surface area contributed by atoms with Crippen molar-refractivity contribution in [1.29, 1.82) is 0 Å². The van der Waals surface area contributed by atoms with Gasteiger partial charge in [-0.15, -0.1) is 0 Å². The fraction of sp³-hybridized carbons (Fsp3) is 0.744. The van der Waals surface area contributed by atoms with Crippen LogP contribution in [0.1, 0.15) is 101 Å². The highest BCUT2D eigenvalue weighted by atomic mass is 16.6. The van der Waals surface area contributed by atoms with Crippen molar-refractivity contribution in [3.63, 3.8) is 0 Å². The molecule has 1 N–H and O–H groups in total. The Hall–Kier alpha value is -3.79. The maximum absolute atomic E-state index is 14.0. The molecule has 1 fully saturated rings. The first-order valence-corrected chi connectivity index (χ1v) is 20.5. The number of hydrogen-bond donors (Lipinski definition) is 1. The lowest BCUT2D eigenvalue weighted by molar-refractivity contribution is -0.163. The second-order valence-electron chi connectivity index (χ2n) is 18.8. The van der Waals surface area contributed by atoms with E-state index in [1.54, 1.807) is 41.5 Å². The van der Waals surface area contributed by atoms with Crippen LogP contribution in [0.2, 0.25) is 0 Å². The number of nitrogens with zero attached hydrogens (tertiary/aromatic N) is 4. The Morgan fingerprint density at radius 2 is 1.03 bits per heavy atom. The number of esters is 4. The fourth-order valence-corrected chi connectivity index (χ4v) is 6.03. The summed E-state index contributed by atoms with van der Waals surface area (Å²) in [5.41, 5.74) is -1.92. The molecule has 1 aromatic carbocycles. The second-order valence-corrected chi connectivity index (χ2v) is 18.8. The molecule has 0 spiro atoms. The number of alkyl carbamates (subject to hydrolysis) is 1. The summed E-state index contributed by atoms with van der Waals surface area (Å²) in [5.74, 6) is -1.67. The lowest BCUT2D eigenvalue weighted by atomic mass is 10.1. The van der Waals surface area contributed by atoms with Gasteiger partial charge in [0.05, 0.1) is 13.1 Å². The van der Waals surface area contributed by atoms with Crippen molar-refractivity contribution in [2.24, 2.45) is 0 Å². The smallest absolute Gasteiger partial charge is 0.407 e. The van der Waals surface area contributed by atoms with Crippen molar-refractivity contribution in [3.05, 3.63) is 35.9 Å². The number of nitrogens with one attached hydrogen (secondary N) is 1. The summed E-state index contributed by atoms with van der Waals surface area (Å²) in [4.78, 5) is 74.0. The Morgan fingerprint density at radius 3 is 1.50 bits per heavy atom. The fourth-order valence-electron chi connectivity index (χ4n) is 6.03. The van der Waals surface area contributed by atoms with Crippen LogP contribution in [-0.4, -0.2) is 157 Å². The van der Waals surface area contributed by atoms with Crippen LogP contribution in [-0.2, 0) is 49.5 Å². The van der Waals surface area contributed by atoms with Gasteiger partial charge < -0.3 is 29.0 Å². The average molecular weight is 820 g/mol. The van der Waals surface area contributed by atoms with E-state index in [-0.39, 0.29) is 44.5 Å². The van der Waals surface area contributed by atoms with Crippen molar-refractivity contribution in [2.45, 2.75) is 131 Å². The Labute approximate surface area is 347 Å². The highest BCUT2D eigenvalue weighted by molar-refractivity contribution is 5.78. The third-order valence-electron chi connectivity index (χ3n) is 8.50. The maximum atomic E-state index is 14.0. The van der Waals surface area contributed by atoms with Crippen molar-refractivity contribution in [2.75, 3.05) is 78.5 Å². The molecule has 1 aliphatic heterocycles. The van der Waals surface area contributed by atoms with Gasteiger partial charge in [-0.1, -0.05) is 30.3 Å². The van der Waals surface area contributed by atoms with Gasteiger partial charge in [-0.2, -0.15) is 0 Å². The molecule has 0 saturated carbocycles. The molecule has 0 aromatic heterocycles. The van der Waals surface area contributed by atoms with Crippen LogP contribution in [0.4, 0.5) is 4.79 Å². The van der Waals surface area contributed by atoms with Gasteiger partial charge in [0, 0.05) is 71.9 Å². The molecule has 2 rings (SSSR count). The minimum atomic E-state index is -0.825. The van der Waals surface area contributed by atoms with Crippen molar-refractivity contribution in [1.82, 2.24) is 24.9 Å². The largest absolute Gasteiger partial charge is 0.461 e. The van der Waals surface area contributed by atoms with E-state index in [4.69, 9.17) is 23.7 Å². The van der Waals surface area contributed by atoms with E-state index >= 15 is 0 Å². The van der Waals surface area contributed by atoms with Gasteiger partial charge in [-0.3, -0.25) is 38.8 Å². The quantitative estimate of drug-likeness (QED) is 0.205. The zero-order chi connectivity index (χ0) is 43.7. The molecule has 1 amide bonds. The molecule has 1 atom stereocenters. The van der Waals surface area contributed by atoms with E-state index in [1.165, 1.54) is 0 Å². The molecule has 1 unspecified atom stereocenters. The lowest BCUT2D eigenvalue weighted by Crippen LogP contribution is -2.53. The summed E-state index contributed by atoms with van der Waals surface area (Å²) in [5, 5.41) is 2.83. The van der Waals surface area contributed by atoms with Crippen LogP contribution in [0, 0.1) is 0 Å². The number of ether oxygens (including phenoxy) is 5. The topological polar surface area (TPSA) is 156 Å². The Balaban J connectivity index is 2.43. The van der Waals surface area contributed by atoms with Crippen molar-refractivity contribution in [3.8, 4) is 0 Å². The first-order valence-electron chi connectivity index (χ1n) is 20.5. The Bertz CT molecular complexity index is 1400. The standard InChI is InChI=1S/C43H73N5O10/c1-40(2,3)55-36(50)30-46-24-22-45(21-20-44-39(53)58-43(10,11)12)23-25-47(31-37(51)56-41(4,5)6)27-29-48(28-26-46)34(38(52)57-42(7,8)9)18-19-35(49)54-32-33-16-14-13-15-17-33/h13-17,34H,18-32H2,1-12H3,(H,44,53). The predicted octanol–water partition coefficient (Wildman–Crippen LogP) is 4.65. The third kappa shape index (κ3) is 23.6. The number of carbonyl (C=O) groups excluding carboxylic acids is 5. The summed E-state index contributed by atoms with van der Waals surface area (Å²) in [6, 6.07) is 8.56. The Morgan fingerprint density at radius 1 is 0.586 bits per heavy atom. The van der Waals surface area contributed by atoms with Gasteiger partial charge >= 0.3 is 30.0 Å². The third-order valence-corrected chi connectivity index (χ3v) is 8.50. The van der Waals surface area contributed by atoms with Crippen LogP contribution in [0.15, 0.2) is 30.3 Å². The molecule has 0 radical (unpaired) electrons. The van der Waals surface area contributed by atoms with Gasteiger partial charge in [-0.05, 0) is 95.1 Å². The van der Waals surface area contributed by atoms with E-state index in [9.17, 15) is 24.0 Å². The summed E-state index contributed by atoms with van der Waals surface area (Å²) in [6.45, 7) is 26.1. The zero-order valence-electron chi connectivity index (χ0n) is 37.4. The molecule has 58 heavy (non-hydrogen) atoms. The summed E-state index contributed by atoms with van der Waals surface area (Å²) < 4.78 is 28.3. The molecule has 15 heteroatoms. The average Bonchev–Trinajstić information content (AvgIpc) is 3.05. The molecular weight excluding hydrogens is 746 g/mol. The Kier molecular flexibility index (Phi) is 20.1. The van der Waals surface area contributed by atoms with E-state index in [0.29, 0.717) is 65.4 Å². The van der Waals surface area contributed by atoms with E-state index in [1.807, 2.05) is 86.6 Å². The van der Waals surface area contributed by atoms with E-state index in [0.717, 1.165) is 5.56 Å².